The van der Waals surface area contributed by atoms with E-state index in [1.165, 1.54) is 18.2 Å². The van der Waals surface area contributed by atoms with Crippen LogP contribution >= 0.6 is 0 Å². The fourth-order valence-corrected chi connectivity index (χ4v) is 3.33. The van der Waals surface area contributed by atoms with Gasteiger partial charge >= 0.3 is 5.97 Å². The van der Waals surface area contributed by atoms with Gasteiger partial charge in [0.15, 0.2) is 0 Å². The monoisotopic (exact) mass is 313 g/mol. The molecule has 0 radical (unpaired) electrons. The van der Waals surface area contributed by atoms with E-state index in [2.05, 4.69) is 18.6 Å². The minimum absolute atomic E-state index is 0.0271. The van der Waals surface area contributed by atoms with E-state index in [9.17, 15) is 13.2 Å². The Kier molecular flexibility index (Phi) is 6.36. The average molecular weight is 313 g/mol. The van der Waals surface area contributed by atoms with Crippen LogP contribution in [0.5, 0.6) is 0 Å². The molecule has 0 saturated heterocycles. The second kappa shape index (κ2) is 7.56. The summed E-state index contributed by atoms with van der Waals surface area (Å²) in [5.41, 5.74) is 0.510. The molecule has 0 amide bonds. The van der Waals surface area contributed by atoms with E-state index in [1.807, 2.05) is 0 Å². The zero-order chi connectivity index (χ0) is 16.0. The van der Waals surface area contributed by atoms with Crippen molar-refractivity contribution in [2.75, 3.05) is 6.54 Å². The molecule has 0 saturated carbocycles. The van der Waals surface area contributed by atoms with Crippen LogP contribution in [0, 0.1) is 12.8 Å². The minimum atomic E-state index is -3.66. The SMILES string of the molecule is Cc1ccc(C(=O)O)cc1S(=O)(=O)NCCCCC(C)C. The fraction of sp³-hybridized carbons (Fsp3) is 0.533. The summed E-state index contributed by atoms with van der Waals surface area (Å²) < 4.78 is 27.0. The van der Waals surface area contributed by atoms with Crippen molar-refractivity contribution >= 4 is 16.0 Å². The Hall–Kier alpha value is -1.40. The van der Waals surface area contributed by atoms with Crippen LogP contribution in [0.15, 0.2) is 23.1 Å². The van der Waals surface area contributed by atoms with Crippen LogP contribution in [0.25, 0.3) is 0 Å². The van der Waals surface area contributed by atoms with E-state index < -0.39 is 16.0 Å². The second-order valence-electron chi connectivity index (χ2n) is 5.57. The molecule has 0 bridgehead atoms. The lowest BCUT2D eigenvalue weighted by atomic mass is 10.1. The van der Waals surface area contributed by atoms with Gasteiger partial charge in [0.2, 0.25) is 10.0 Å². The maximum absolute atomic E-state index is 12.2. The van der Waals surface area contributed by atoms with Crippen LogP contribution in [0.4, 0.5) is 0 Å². The number of hydrogen-bond acceptors (Lipinski definition) is 3. The second-order valence-corrected chi connectivity index (χ2v) is 7.31. The number of nitrogens with one attached hydrogen (secondary N) is 1. The fourth-order valence-electron chi connectivity index (χ4n) is 1.98. The third-order valence-electron chi connectivity index (χ3n) is 3.22. The predicted octanol–water partition coefficient (Wildman–Crippen LogP) is 2.80. The number of unbranched alkanes of at least 4 members (excludes halogenated alkanes) is 1. The highest BCUT2D eigenvalue weighted by molar-refractivity contribution is 7.89. The molecule has 1 aromatic carbocycles. The lowest BCUT2D eigenvalue weighted by Gasteiger charge is -2.10. The van der Waals surface area contributed by atoms with Gasteiger partial charge in [-0.1, -0.05) is 32.8 Å². The van der Waals surface area contributed by atoms with Crippen molar-refractivity contribution in [3.8, 4) is 0 Å². The van der Waals surface area contributed by atoms with E-state index in [0.29, 0.717) is 18.0 Å². The molecule has 0 aliphatic heterocycles. The highest BCUT2D eigenvalue weighted by Crippen LogP contribution is 2.17. The molecule has 6 heteroatoms. The summed E-state index contributed by atoms with van der Waals surface area (Å²) in [6.45, 7) is 6.28. The Balaban J connectivity index is 2.74. The van der Waals surface area contributed by atoms with Crippen molar-refractivity contribution in [3.63, 3.8) is 0 Å². The van der Waals surface area contributed by atoms with Gasteiger partial charge < -0.3 is 5.11 Å². The standard InChI is InChI=1S/C15H23NO4S/c1-11(2)6-4-5-9-16-21(19,20)14-10-13(15(17)18)8-7-12(14)3/h7-8,10-11,16H,4-6,9H2,1-3H3,(H,17,18). The molecule has 0 aliphatic rings. The Morgan fingerprint density at radius 3 is 2.52 bits per heavy atom. The van der Waals surface area contributed by atoms with E-state index in [-0.39, 0.29) is 10.5 Å². The number of rotatable bonds is 8. The van der Waals surface area contributed by atoms with Crippen LogP contribution < -0.4 is 4.72 Å². The van der Waals surface area contributed by atoms with Gasteiger partial charge in [-0.05, 0) is 37.0 Å². The summed E-state index contributed by atoms with van der Waals surface area (Å²) in [5.74, 6) is -0.528. The lowest BCUT2D eigenvalue weighted by molar-refractivity contribution is 0.0696. The molecule has 0 atom stereocenters. The quantitative estimate of drug-likeness (QED) is 0.723. The normalized spacial score (nSPS) is 11.8. The molecule has 5 nitrogen and oxygen atoms in total. The zero-order valence-corrected chi connectivity index (χ0v) is 13.5. The van der Waals surface area contributed by atoms with Crippen molar-refractivity contribution in [3.05, 3.63) is 29.3 Å². The Labute approximate surface area is 126 Å². The average Bonchev–Trinajstić information content (AvgIpc) is 2.37. The molecule has 0 fully saturated rings. The van der Waals surface area contributed by atoms with Crippen molar-refractivity contribution in [1.82, 2.24) is 4.72 Å². The summed E-state index contributed by atoms with van der Waals surface area (Å²) in [6, 6.07) is 4.12. The van der Waals surface area contributed by atoms with Crippen molar-refractivity contribution in [2.45, 2.75) is 44.9 Å². The van der Waals surface area contributed by atoms with Gasteiger partial charge in [-0.2, -0.15) is 0 Å². The van der Waals surface area contributed by atoms with Gasteiger partial charge in [0.25, 0.3) is 0 Å². The molecule has 1 aromatic rings. The molecule has 118 valence electrons. The molecule has 0 spiro atoms. The number of aromatic carboxylic acids is 1. The first-order valence-corrected chi connectivity index (χ1v) is 8.56. The van der Waals surface area contributed by atoms with E-state index in [0.717, 1.165) is 19.3 Å². The molecular weight excluding hydrogens is 290 g/mol. The van der Waals surface area contributed by atoms with Crippen LogP contribution in [-0.2, 0) is 10.0 Å². The number of sulfonamides is 1. The van der Waals surface area contributed by atoms with Crippen molar-refractivity contribution < 1.29 is 18.3 Å². The largest absolute Gasteiger partial charge is 0.478 e. The Bertz CT molecular complexity index is 594. The Morgan fingerprint density at radius 1 is 1.29 bits per heavy atom. The summed E-state index contributed by atoms with van der Waals surface area (Å²) >= 11 is 0. The van der Waals surface area contributed by atoms with Crippen LogP contribution in [0.3, 0.4) is 0 Å². The topological polar surface area (TPSA) is 83.5 Å². The van der Waals surface area contributed by atoms with Crippen molar-refractivity contribution in [1.29, 1.82) is 0 Å². The predicted molar refractivity (Wildman–Crippen MR) is 82.0 cm³/mol. The first-order chi connectivity index (χ1) is 9.74. The highest BCUT2D eigenvalue weighted by atomic mass is 32.2. The van der Waals surface area contributed by atoms with Gasteiger partial charge in [-0.3, -0.25) is 0 Å². The molecule has 21 heavy (non-hydrogen) atoms. The summed E-state index contributed by atoms with van der Waals surface area (Å²) in [5, 5.41) is 8.95. The maximum atomic E-state index is 12.2. The molecule has 0 unspecified atom stereocenters. The number of carbonyl (C=O) groups is 1. The van der Waals surface area contributed by atoms with Crippen molar-refractivity contribution in [2.24, 2.45) is 5.92 Å². The van der Waals surface area contributed by atoms with Gasteiger partial charge in [0.05, 0.1) is 10.5 Å². The number of carboxylic acid groups (broad SMARTS) is 1. The summed E-state index contributed by atoms with van der Waals surface area (Å²) in [7, 11) is -3.66. The number of hydrogen-bond donors (Lipinski definition) is 2. The summed E-state index contributed by atoms with van der Waals surface area (Å²) in [6.07, 6.45) is 2.80. The van der Waals surface area contributed by atoms with Gasteiger partial charge in [-0.15, -0.1) is 0 Å². The smallest absolute Gasteiger partial charge is 0.335 e. The van der Waals surface area contributed by atoms with Crippen LogP contribution in [0.1, 0.15) is 49.0 Å². The molecule has 2 N–H and O–H groups in total. The van der Waals surface area contributed by atoms with Gasteiger partial charge in [0.1, 0.15) is 0 Å². The molecule has 0 aliphatic carbocycles. The first-order valence-electron chi connectivity index (χ1n) is 7.07. The lowest BCUT2D eigenvalue weighted by Crippen LogP contribution is -2.25. The van der Waals surface area contributed by atoms with E-state index in [4.69, 9.17) is 5.11 Å². The van der Waals surface area contributed by atoms with E-state index >= 15 is 0 Å². The number of aryl methyl sites for hydroxylation is 1. The number of carboxylic acids is 1. The first kappa shape index (κ1) is 17.7. The molecule has 1 rings (SSSR count). The molecular formula is C15H23NO4S. The molecule has 0 heterocycles. The third-order valence-corrected chi connectivity index (χ3v) is 4.83. The highest BCUT2D eigenvalue weighted by Gasteiger charge is 2.18. The third kappa shape index (κ3) is 5.47. The zero-order valence-electron chi connectivity index (χ0n) is 12.7. The maximum Gasteiger partial charge on any atom is 0.335 e. The van der Waals surface area contributed by atoms with Gasteiger partial charge in [0, 0.05) is 6.54 Å². The van der Waals surface area contributed by atoms with Crippen LogP contribution in [0.2, 0.25) is 0 Å². The Morgan fingerprint density at radius 2 is 1.95 bits per heavy atom. The van der Waals surface area contributed by atoms with Gasteiger partial charge in [-0.25, -0.2) is 17.9 Å². The minimum Gasteiger partial charge on any atom is -0.478 e. The summed E-state index contributed by atoms with van der Waals surface area (Å²) in [4.78, 5) is 11.0. The number of benzene rings is 1. The van der Waals surface area contributed by atoms with E-state index in [1.54, 1.807) is 6.92 Å². The molecule has 0 aromatic heterocycles. The van der Waals surface area contributed by atoms with Crippen LogP contribution in [-0.4, -0.2) is 26.0 Å².